The number of nitrogens with one attached hydrogen (secondary N) is 1. The van der Waals surface area contributed by atoms with Crippen molar-refractivity contribution in [3.63, 3.8) is 0 Å². The van der Waals surface area contributed by atoms with E-state index in [0.717, 1.165) is 18.4 Å². The van der Waals surface area contributed by atoms with Gasteiger partial charge in [-0.1, -0.05) is 44.7 Å². The molecule has 0 saturated carbocycles. The van der Waals surface area contributed by atoms with Gasteiger partial charge in [-0.3, -0.25) is 4.79 Å². The first-order chi connectivity index (χ1) is 10.5. The molecule has 124 valence electrons. The van der Waals surface area contributed by atoms with E-state index in [1.165, 1.54) is 31.4 Å². The standard InChI is InChI=1S/C18H29FN2O/c1-4-5-6-7-8-9-18(22)20-14-17(21(2)3)15-10-12-16(19)13-11-15/h10-13,17H,4-9,14H2,1-3H3,(H,20,22). The van der Waals surface area contributed by atoms with Gasteiger partial charge in [0.2, 0.25) is 5.91 Å². The molecule has 0 fully saturated rings. The monoisotopic (exact) mass is 308 g/mol. The molecule has 1 aromatic rings. The molecule has 1 aromatic carbocycles. The van der Waals surface area contributed by atoms with E-state index < -0.39 is 0 Å². The van der Waals surface area contributed by atoms with Crippen LogP contribution in [0.3, 0.4) is 0 Å². The van der Waals surface area contributed by atoms with E-state index in [9.17, 15) is 9.18 Å². The predicted molar refractivity (Wildman–Crippen MR) is 89.2 cm³/mol. The van der Waals surface area contributed by atoms with Crippen LogP contribution in [0.4, 0.5) is 4.39 Å². The molecule has 1 rings (SSSR count). The first-order valence-corrected chi connectivity index (χ1v) is 8.23. The molecule has 0 aliphatic carbocycles. The molecule has 0 aliphatic rings. The average molecular weight is 308 g/mol. The highest BCUT2D eigenvalue weighted by molar-refractivity contribution is 5.75. The maximum Gasteiger partial charge on any atom is 0.220 e. The Morgan fingerprint density at radius 2 is 1.77 bits per heavy atom. The minimum atomic E-state index is -0.239. The van der Waals surface area contributed by atoms with Gasteiger partial charge in [-0.25, -0.2) is 4.39 Å². The molecule has 4 heteroatoms. The van der Waals surface area contributed by atoms with Crippen LogP contribution in [-0.4, -0.2) is 31.4 Å². The molecule has 0 bridgehead atoms. The van der Waals surface area contributed by atoms with Gasteiger partial charge in [0.15, 0.2) is 0 Å². The fraction of sp³-hybridized carbons (Fsp3) is 0.611. The van der Waals surface area contributed by atoms with Crippen LogP contribution in [0.2, 0.25) is 0 Å². The van der Waals surface area contributed by atoms with Gasteiger partial charge >= 0.3 is 0 Å². The third-order valence-corrected chi connectivity index (χ3v) is 3.88. The summed E-state index contributed by atoms with van der Waals surface area (Å²) in [6.07, 6.45) is 6.33. The van der Waals surface area contributed by atoms with Crippen LogP contribution in [0, 0.1) is 5.82 Å². The van der Waals surface area contributed by atoms with Gasteiger partial charge < -0.3 is 10.2 Å². The Bertz CT molecular complexity index is 431. The number of halogens is 1. The van der Waals surface area contributed by atoms with E-state index in [2.05, 4.69) is 12.2 Å². The second kappa shape index (κ2) is 10.3. The second-order valence-corrected chi connectivity index (χ2v) is 6.00. The molecule has 0 saturated heterocycles. The highest BCUT2D eigenvalue weighted by Crippen LogP contribution is 2.17. The normalized spacial score (nSPS) is 12.4. The molecule has 1 amide bonds. The Morgan fingerprint density at radius 3 is 2.36 bits per heavy atom. The number of nitrogens with zero attached hydrogens (tertiary/aromatic N) is 1. The van der Waals surface area contributed by atoms with Crippen molar-refractivity contribution < 1.29 is 9.18 Å². The Labute approximate surface area is 133 Å². The summed E-state index contributed by atoms with van der Waals surface area (Å²) in [6.45, 7) is 2.73. The number of rotatable bonds is 10. The number of amides is 1. The summed E-state index contributed by atoms with van der Waals surface area (Å²) >= 11 is 0. The number of benzene rings is 1. The van der Waals surface area contributed by atoms with Crippen LogP contribution in [-0.2, 0) is 4.79 Å². The lowest BCUT2D eigenvalue weighted by Gasteiger charge is -2.25. The van der Waals surface area contributed by atoms with Gasteiger partial charge in [0, 0.05) is 13.0 Å². The lowest BCUT2D eigenvalue weighted by Crippen LogP contribution is -2.34. The zero-order chi connectivity index (χ0) is 16.4. The van der Waals surface area contributed by atoms with E-state index in [-0.39, 0.29) is 17.8 Å². The number of unbranched alkanes of at least 4 members (excludes halogenated alkanes) is 4. The molecular formula is C18H29FN2O. The highest BCUT2D eigenvalue weighted by atomic mass is 19.1. The molecule has 22 heavy (non-hydrogen) atoms. The lowest BCUT2D eigenvalue weighted by atomic mass is 10.1. The van der Waals surface area contributed by atoms with Crippen LogP contribution in [0.25, 0.3) is 0 Å². The molecular weight excluding hydrogens is 279 g/mol. The van der Waals surface area contributed by atoms with E-state index in [4.69, 9.17) is 0 Å². The summed E-state index contributed by atoms with van der Waals surface area (Å²) in [5.41, 5.74) is 1.01. The Kier molecular flexibility index (Phi) is 8.75. The van der Waals surface area contributed by atoms with Gasteiger partial charge in [-0.15, -0.1) is 0 Å². The summed E-state index contributed by atoms with van der Waals surface area (Å²) in [5.74, 6) is -0.136. The lowest BCUT2D eigenvalue weighted by molar-refractivity contribution is -0.121. The number of hydrogen-bond donors (Lipinski definition) is 1. The van der Waals surface area contributed by atoms with Gasteiger partial charge in [0.25, 0.3) is 0 Å². The SMILES string of the molecule is CCCCCCCC(=O)NCC(c1ccc(F)cc1)N(C)C. The van der Waals surface area contributed by atoms with Crippen molar-refractivity contribution in [2.75, 3.05) is 20.6 Å². The van der Waals surface area contributed by atoms with Crippen molar-refractivity contribution in [3.05, 3.63) is 35.6 Å². The fourth-order valence-electron chi connectivity index (χ4n) is 2.47. The van der Waals surface area contributed by atoms with Crippen LogP contribution in [0.15, 0.2) is 24.3 Å². The van der Waals surface area contributed by atoms with Crippen molar-refractivity contribution in [3.8, 4) is 0 Å². The van der Waals surface area contributed by atoms with Gasteiger partial charge in [0.05, 0.1) is 6.04 Å². The van der Waals surface area contributed by atoms with Crippen LogP contribution in [0.1, 0.15) is 57.1 Å². The summed E-state index contributed by atoms with van der Waals surface area (Å²) in [6, 6.07) is 6.53. The minimum Gasteiger partial charge on any atom is -0.354 e. The molecule has 0 aromatic heterocycles. The van der Waals surface area contributed by atoms with Crippen LogP contribution >= 0.6 is 0 Å². The molecule has 1 N–H and O–H groups in total. The van der Waals surface area contributed by atoms with Crippen molar-refractivity contribution in [2.45, 2.75) is 51.5 Å². The fourth-order valence-corrected chi connectivity index (χ4v) is 2.47. The third kappa shape index (κ3) is 7.03. The molecule has 0 radical (unpaired) electrons. The number of likely N-dealkylation sites (N-methyl/N-ethyl adjacent to an activating group) is 1. The molecule has 1 atom stereocenters. The van der Waals surface area contributed by atoms with Crippen molar-refractivity contribution in [1.82, 2.24) is 10.2 Å². The Morgan fingerprint density at radius 1 is 1.14 bits per heavy atom. The smallest absolute Gasteiger partial charge is 0.220 e. The summed E-state index contributed by atoms with van der Waals surface area (Å²) < 4.78 is 13.0. The summed E-state index contributed by atoms with van der Waals surface area (Å²) in [7, 11) is 3.93. The van der Waals surface area contributed by atoms with Crippen molar-refractivity contribution in [2.24, 2.45) is 0 Å². The second-order valence-electron chi connectivity index (χ2n) is 6.00. The summed E-state index contributed by atoms with van der Waals surface area (Å²) in [4.78, 5) is 13.9. The van der Waals surface area contributed by atoms with Gasteiger partial charge in [-0.05, 0) is 38.2 Å². The molecule has 1 unspecified atom stereocenters. The maximum atomic E-state index is 13.0. The van der Waals surface area contributed by atoms with Gasteiger partial charge in [-0.2, -0.15) is 0 Å². The Hall–Kier alpha value is -1.42. The first kappa shape index (κ1) is 18.6. The predicted octanol–water partition coefficient (Wildman–Crippen LogP) is 3.91. The maximum absolute atomic E-state index is 13.0. The zero-order valence-electron chi connectivity index (χ0n) is 14.1. The first-order valence-electron chi connectivity index (χ1n) is 8.23. The van der Waals surface area contributed by atoms with Crippen molar-refractivity contribution >= 4 is 5.91 Å². The van der Waals surface area contributed by atoms with Crippen molar-refractivity contribution in [1.29, 1.82) is 0 Å². The molecule has 3 nitrogen and oxygen atoms in total. The number of hydrogen-bond acceptors (Lipinski definition) is 2. The van der Waals surface area contributed by atoms with E-state index >= 15 is 0 Å². The molecule has 0 heterocycles. The molecule has 0 spiro atoms. The highest BCUT2D eigenvalue weighted by Gasteiger charge is 2.15. The summed E-state index contributed by atoms with van der Waals surface area (Å²) in [5, 5.41) is 2.99. The van der Waals surface area contributed by atoms with E-state index in [1.807, 2.05) is 19.0 Å². The largest absolute Gasteiger partial charge is 0.354 e. The van der Waals surface area contributed by atoms with Crippen LogP contribution in [0.5, 0.6) is 0 Å². The topological polar surface area (TPSA) is 32.3 Å². The Balaban J connectivity index is 2.38. The van der Waals surface area contributed by atoms with E-state index in [1.54, 1.807) is 12.1 Å². The number of carbonyl (C=O) groups is 1. The molecule has 0 aliphatic heterocycles. The van der Waals surface area contributed by atoms with E-state index in [0.29, 0.717) is 13.0 Å². The van der Waals surface area contributed by atoms with Gasteiger partial charge in [0.1, 0.15) is 5.82 Å². The average Bonchev–Trinajstić information content (AvgIpc) is 2.48. The van der Waals surface area contributed by atoms with Crippen LogP contribution < -0.4 is 5.32 Å². The zero-order valence-corrected chi connectivity index (χ0v) is 14.1. The quantitative estimate of drug-likeness (QED) is 0.665. The number of carbonyl (C=O) groups excluding carboxylic acids is 1. The minimum absolute atomic E-state index is 0.0599. The third-order valence-electron chi connectivity index (χ3n) is 3.88.